The largest absolute Gasteiger partial charge is 0.380 e. The Labute approximate surface area is 91.6 Å². The highest BCUT2D eigenvalue weighted by Gasteiger charge is 2.14. The van der Waals surface area contributed by atoms with Gasteiger partial charge in [0.25, 0.3) is 0 Å². The van der Waals surface area contributed by atoms with E-state index in [9.17, 15) is 0 Å². The molecule has 4 nitrogen and oxygen atoms in total. The summed E-state index contributed by atoms with van der Waals surface area (Å²) in [6.45, 7) is 5.56. The van der Waals surface area contributed by atoms with Gasteiger partial charge in [-0.15, -0.1) is 0 Å². The Morgan fingerprint density at radius 1 is 1.53 bits per heavy atom. The molecule has 0 spiro atoms. The highest BCUT2D eigenvalue weighted by molar-refractivity contribution is 5.14. The van der Waals surface area contributed by atoms with Crippen molar-refractivity contribution in [3.8, 4) is 0 Å². The molecule has 0 amide bonds. The summed E-state index contributed by atoms with van der Waals surface area (Å²) in [4.78, 5) is 0. The molecule has 1 N–H and O–H groups in total. The standard InChI is InChI=1S/C11H21N3O/c1-5-9-7-11(14(4)13-9)10(12-3)8-15-6-2/h7,10,12H,5-6,8H2,1-4H3. The second kappa shape index (κ2) is 5.88. The van der Waals surface area contributed by atoms with Crippen molar-refractivity contribution >= 4 is 0 Å². The summed E-state index contributed by atoms with van der Waals surface area (Å²) in [5.41, 5.74) is 2.31. The van der Waals surface area contributed by atoms with Crippen molar-refractivity contribution in [1.82, 2.24) is 15.1 Å². The third kappa shape index (κ3) is 3.04. The van der Waals surface area contributed by atoms with Crippen LogP contribution in [0, 0.1) is 0 Å². The molecule has 0 aliphatic heterocycles. The van der Waals surface area contributed by atoms with Gasteiger partial charge in [-0.25, -0.2) is 0 Å². The number of nitrogens with one attached hydrogen (secondary N) is 1. The summed E-state index contributed by atoms with van der Waals surface area (Å²) >= 11 is 0. The molecular formula is C11H21N3O. The van der Waals surface area contributed by atoms with Crippen LogP contribution in [-0.4, -0.2) is 30.0 Å². The lowest BCUT2D eigenvalue weighted by Crippen LogP contribution is -2.24. The molecule has 4 heteroatoms. The van der Waals surface area contributed by atoms with Crippen LogP contribution in [0.2, 0.25) is 0 Å². The zero-order chi connectivity index (χ0) is 11.3. The number of hydrogen-bond donors (Lipinski definition) is 1. The predicted molar refractivity (Wildman–Crippen MR) is 60.9 cm³/mol. The van der Waals surface area contributed by atoms with Crippen LogP contribution in [0.4, 0.5) is 0 Å². The first-order chi connectivity index (χ1) is 7.22. The molecular weight excluding hydrogens is 190 g/mol. The summed E-state index contributed by atoms with van der Waals surface area (Å²) < 4.78 is 7.36. The Morgan fingerprint density at radius 2 is 2.27 bits per heavy atom. The minimum atomic E-state index is 0.225. The van der Waals surface area contributed by atoms with E-state index < -0.39 is 0 Å². The van der Waals surface area contributed by atoms with Gasteiger partial charge in [0, 0.05) is 13.7 Å². The number of nitrogens with zero attached hydrogens (tertiary/aromatic N) is 2. The van der Waals surface area contributed by atoms with E-state index in [0.29, 0.717) is 6.61 Å². The minimum Gasteiger partial charge on any atom is -0.380 e. The van der Waals surface area contributed by atoms with Crippen LogP contribution in [0.5, 0.6) is 0 Å². The minimum absolute atomic E-state index is 0.225. The van der Waals surface area contributed by atoms with E-state index in [1.807, 2.05) is 25.7 Å². The molecule has 1 unspecified atom stereocenters. The van der Waals surface area contributed by atoms with Gasteiger partial charge in [-0.2, -0.15) is 5.10 Å². The zero-order valence-electron chi connectivity index (χ0n) is 10.1. The molecule has 1 aromatic heterocycles. The number of likely N-dealkylation sites (N-methyl/N-ethyl adjacent to an activating group) is 1. The summed E-state index contributed by atoms with van der Waals surface area (Å²) in [6.07, 6.45) is 0.971. The SMILES string of the molecule is CCOCC(NC)c1cc(CC)nn1C. The molecule has 1 heterocycles. The number of aryl methyl sites for hydroxylation is 2. The van der Waals surface area contributed by atoms with Gasteiger partial charge in [0.05, 0.1) is 24.0 Å². The van der Waals surface area contributed by atoms with E-state index in [4.69, 9.17) is 4.74 Å². The Morgan fingerprint density at radius 3 is 2.73 bits per heavy atom. The molecule has 0 saturated heterocycles. The molecule has 0 aromatic carbocycles. The molecule has 1 atom stereocenters. The van der Waals surface area contributed by atoms with Gasteiger partial charge >= 0.3 is 0 Å². The summed E-state index contributed by atoms with van der Waals surface area (Å²) in [5, 5.41) is 7.67. The molecule has 0 radical (unpaired) electrons. The first kappa shape index (κ1) is 12.2. The summed E-state index contributed by atoms with van der Waals surface area (Å²) in [6, 6.07) is 2.36. The molecule has 1 aromatic rings. The van der Waals surface area contributed by atoms with Gasteiger partial charge < -0.3 is 10.1 Å². The molecule has 86 valence electrons. The monoisotopic (exact) mass is 211 g/mol. The van der Waals surface area contributed by atoms with Gasteiger partial charge in [0.2, 0.25) is 0 Å². The molecule has 0 bridgehead atoms. The Hall–Kier alpha value is -0.870. The van der Waals surface area contributed by atoms with Crippen molar-refractivity contribution < 1.29 is 4.74 Å². The van der Waals surface area contributed by atoms with E-state index in [2.05, 4.69) is 23.4 Å². The lowest BCUT2D eigenvalue weighted by atomic mass is 10.2. The van der Waals surface area contributed by atoms with E-state index >= 15 is 0 Å². The van der Waals surface area contributed by atoms with Gasteiger partial charge in [-0.05, 0) is 26.5 Å². The second-order valence-electron chi connectivity index (χ2n) is 3.54. The predicted octanol–water partition coefficient (Wildman–Crippen LogP) is 1.28. The maximum atomic E-state index is 5.44. The highest BCUT2D eigenvalue weighted by Crippen LogP contribution is 2.14. The smallest absolute Gasteiger partial charge is 0.0727 e. The van der Waals surface area contributed by atoms with Crippen molar-refractivity contribution in [3.63, 3.8) is 0 Å². The fourth-order valence-corrected chi connectivity index (χ4v) is 1.59. The van der Waals surface area contributed by atoms with Crippen LogP contribution in [0.15, 0.2) is 6.07 Å². The lowest BCUT2D eigenvalue weighted by molar-refractivity contribution is 0.123. The quantitative estimate of drug-likeness (QED) is 0.770. The van der Waals surface area contributed by atoms with Crippen molar-refractivity contribution in [2.75, 3.05) is 20.3 Å². The van der Waals surface area contributed by atoms with Crippen molar-refractivity contribution in [2.45, 2.75) is 26.3 Å². The van der Waals surface area contributed by atoms with Crippen LogP contribution in [0.25, 0.3) is 0 Å². The molecule has 0 aliphatic carbocycles. The molecule has 0 fully saturated rings. The number of aromatic nitrogens is 2. The van der Waals surface area contributed by atoms with Crippen LogP contribution in [-0.2, 0) is 18.2 Å². The maximum Gasteiger partial charge on any atom is 0.0727 e. The average Bonchev–Trinajstić information content (AvgIpc) is 2.61. The maximum absolute atomic E-state index is 5.44. The van der Waals surface area contributed by atoms with Crippen molar-refractivity contribution in [2.24, 2.45) is 7.05 Å². The molecule has 0 aliphatic rings. The van der Waals surface area contributed by atoms with Gasteiger partial charge in [-0.1, -0.05) is 6.92 Å². The van der Waals surface area contributed by atoms with Crippen molar-refractivity contribution in [1.29, 1.82) is 0 Å². The fraction of sp³-hybridized carbons (Fsp3) is 0.727. The first-order valence-electron chi connectivity index (χ1n) is 5.50. The van der Waals surface area contributed by atoms with Gasteiger partial charge in [0.1, 0.15) is 0 Å². The number of rotatable bonds is 6. The average molecular weight is 211 g/mol. The first-order valence-corrected chi connectivity index (χ1v) is 5.50. The fourth-order valence-electron chi connectivity index (χ4n) is 1.59. The van der Waals surface area contributed by atoms with E-state index in [-0.39, 0.29) is 6.04 Å². The van der Waals surface area contributed by atoms with E-state index in [1.54, 1.807) is 0 Å². The highest BCUT2D eigenvalue weighted by atomic mass is 16.5. The lowest BCUT2D eigenvalue weighted by Gasteiger charge is -2.15. The summed E-state index contributed by atoms with van der Waals surface area (Å²) in [5.74, 6) is 0. The van der Waals surface area contributed by atoms with Crippen LogP contribution in [0.1, 0.15) is 31.3 Å². The number of ether oxygens (including phenoxy) is 1. The van der Waals surface area contributed by atoms with Crippen LogP contribution in [0.3, 0.4) is 0 Å². The van der Waals surface area contributed by atoms with E-state index in [1.165, 1.54) is 5.69 Å². The molecule has 1 rings (SSSR count). The van der Waals surface area contributed by atoms with Crippen LogP contribution < -0.4 is 5.32 Å². The van der Waals surface area contributed by atoms with Crippen molar-refractivity contribution in [3.05, 3.63) is 17.5 Å². The Kier molecular flexibility index (Phi) is 4.78. The van der Waals surface area contributed by atoms with E-state index in [0.717, 1.165) is 18.7 Å². The zero-order valence-corrected chi connectivity index (χ0v) is 10.1. The van der Waals surface area contributed by atoms with Gasteiger partial charge in [0.15, 0.2) is 0 Å². The van der Waals surface area contributed by atoms with Crippen LogP contribution >= 0.6 is 0 Å². The Bertz CT molecular complexity index is 296. The summed E-state index contributed by atoms with van der Waals surface area (Å²) in [7, 11) is 3.92. The molecule has 0 saturated carbocycles. The second-order valence-corrected chi connectivity index (χ2v) is 3.54. The third-order valence-corrected chi connectivity index (χ3v) is 2.52. The Balaban J connectivity index is 2.76. The molecule has 15 heavy (non-hydrogen) atoms. The normalized spacial score (nSPS) is 13.1. The third-order valence-electron chi connectivity index (χ3n) is 2.52. The van der Waals surface area contributed by atoms with Gasteiger partial charge in [-0.3, -0.25) is 4.68 Å². The topological polar surface area (TPSA) is 39.1 Å². The number of hydrogen-bond acceptors (Lipinski definition) is 3.